The molecule has 0 amide bonds. The highest BCUT2D eigenvalue weighted by Gasteiger charge is 2.04. The van der Waals surface area contributed by atoms with Gasteiger partial charge in [-0.15, -0.1) is 0 Å². The van der Waals surface area contributed by atoms with E-state index in [0.717, 1.165) is 11.1 Å². The number of esters is 1. The maximum Gasteiger partial charge on any atom is 0.332 e. The molecule has 2 rings (SSSR count). The highest BCUT2D eigenvalue weighted by Crippen LogP contribution is 2.10. The zero-order chi connectivity index (χ0) is 16.3. The molecule has 0 bridgehead atoms. The number of ether oxygens (including phenoxy) is 1. The molecule has 0 radical (unpaired) electrons. The first-order valence-electron chi connectivity index (χ1n) is 7.51. The Morgan fingerprint density at radius 3 is 2.39 bits per heavy atom. The molecule has 1 N–H and O–H groups in total. The van der Waals surface area contributed by atoms with Gasteiger partial charge in [0.05, 0.1) is 13.2 Å². The van der Waals surface area contributed by atoms with Gasteiger partial charge in [-0.05, 0) is 24.6 Å². The van der Waals surface area contributed by atoms with Gasteiger partial charge in [0.1, 0.15) is 0 Å². The first-order chi connectivity index (χ1) is 11.3. The fourth-order valence-corrected chi connectivity index (χ4v) is 1.96. The van der Waals surface area contributed by atoms with Crippen molar-refractivity contribution < 1.29 is 9.53 Å². The maximum atomic E-state index is 11.7. The van der Waals surface area contributed by atoms with Crippen molar-refractivity contribution >= 4 is 11.7 Å². The number of hydrogen-bond acceptors (Lipinski definition) is 3. The molecule has 0 spiro atoms. The van der Waals surface area contributed by atoms with Crippen LogP contribution < -0.4 is 5.32 Å². The number of nitrogens with one attached hydrogen (secondary N) is 1. The lowest BCUT2D eigenvalue weighted by Gasteiger charge is -2.08. The average molecular weight is 305 g/mol. The maximum absolute atomic E-state index is 11.7. The Morgan fingerprint density at radius 1 is 1.09 bits per heavy atom. The molecule has 0 unspecified atom stereocenters. The molecule has 0 aliphatic heterocycles. The molecule has 3 nitrogen and oxygen atoms in total. The minimum Gasteiger partial charge on any atom is -0.463 e. The van der Waals surface area contributed by atoms with Gasteiger partial charge < -0.3 is 10.1 Å². The lowest BCUT2D eigenvalue weighted by molar-refractivity contribution is -0.137. The molecule has 0 fully saturated rings. The molecular weight excluding hydrogens is 286 g/mol. The van der Waals surface area contributed by atoms with Crippen molar-refractivity contribution in [3.8, 4) is 11.8 Å². The van der Waals surface area contributed by atoms with Crippen LogP contribution in [0, 0.1) is 11.8 Å². The lowest BCUT2D eigenvalue weighted by atomic mass is 10.1. The molecule has 0 aliphatic rings. The monoisotopic (exact) mass is 305 g/mol. The van der Waals surface area contributed by atoms with E-state index in [2.05, 4.69) is 17.2 Å². The van der Waals surface area contributed by atoms with Gasteiger partial charge in [0.2, 0.25) is 0 Å². The van der Waals surface area contributed by atoms with E-state index in [-0.39, 0.29) is 5.97 Å². The molecule has 0 heterocycles. The molecule has 0 saturated heterocycles. The standard InChI is InChI=1S/C20H19NO2/c1-2-23-20(22)16-19(18-13-7-4-8-14-18)21-15-9-12-17-10-5-3-6-11-17/h3-8,10-11,13-14,16,21H,2,15H2,1H3/b19-16-. The van der Waals surface area contributed by atoms with Crippen molar-refractivity contribution in [3.05, 3.63) is 77.9 Å². The van der Waals surface area contributed by atoms with Gasteiger partial charge >= 0.3 is 5.97 Å². The predicted molar refractivity (Wildman–Crippen MR) is 92.4 cm³/mol. The fraction of sp³-hybridized carbons (Fsp3) is 0.150. The van der Waals surface area contributed by atoms with Gasteiger partial charge in [-0.3, -0.25) is 0 Å². The predicted octanol–water partition coefficient (Wildman–Crippen LogP) is 3.23. The van der Waals surface area contributed by atoms with E-state index in [1.165, 1.54) is 6.08 Å². The van der Waals surface area contributed by atoms with Crippen LogP contribution in [0.25, 0.3) is 5.70 Å². The topological polar surface area (TPSA) is 38.3 Å². The first-order valence-corrected chi connectivity index (χ1v) is 7.51. The molecular formula is C20H19NO2. The third kappa shape index (κ3) is 5.72. The van der Waals surface area contributed by atoms with Gasteiger partial charge in [0.15, 0.2) is 0 Å². The average Bonchev–Trinajstić information content (AvgIpc) is 2.59. The third-order valence-electron chi connectivity index (χ3n) is 3.01. The van der Waals surface area contributed by atoms with Crippen molar-refractivity contribution in [3.63, 3.8) is 0 Å². The van der Waals surface area contributed by atoms with E-state index in [1.54, 1.807) is 6.92 Å². The summed E-state index contributed by atoms with van der Waals surface area (Å²) >= 11 is 0. The normalized spacial score (nSPS) is 10.4. The van der Waals surface area contributed by atoms with Crippen LogP contribution in [-0.4, -0.2) is 19.1 Å². The van der Waals surface area contributed by atoms with Crippen LogP contribution in [0.5, 0.6) is 0 Å². The SMILES string of the molecule is CCOC(=O)/C=C(\NCC#Cc1ccccc1)c1ccccc1. The molecule has 0 aliphatic carbocycles. The van der Waals surface area contributed by atoms with Gasteiger partial charge in [-0.2, -0.15) is 0 Å². The van der Waals surface area contributed by atoms with Crippen LogP contribution in [0.4, 0.5) is 0 Å². The second-order valence-electron chi connectivity index (χ2n) is 4.70. The molecule has 116 valence electrons. The molecule has 2 aromatic rings. The number of carbonyl (C=O) groups excluding carboxylic acids is 1. The van der Waals surface area contributed by atoms with Gasteiger partial charge in [0, 0.05) is 17.3 Å². The summed E-state index contributed by atoms with van der Waals surface area (Å²) in [6.45, 7) is 2.58. The molecule has 0 saturated carbocycles. The summed E-state index contributed by atoms with van der Waals surface area (Å²) < 4.78 is 4.98. The summed E-state index contributed by atoms with van der Waals surface area (Å²) in [5.41, 5.74) is 2.58. The summed E-state index contributed by atoms with van der Waals surface area (Å²) in [7, 11) is 0. The molecule has 23 heavy (non-hydrogen) atoms. The molecule has 0 aromatic heterocycles. The van der Waals surface area contributed by atoms with Crippen molar-refractivity contribution in [2.24, 2.45) is 0 Å². The minimum absolute atomic E-state index is 0.352. The molecule has 0 atom stereocenters. The summed E-state index contributed by atoms with van der Waals surface area (Å²) in [6.07, 6.45) is 1.46. The number of rotatable bonds is 5. The highest BCUT2D eigenvalue weighted by molar-refractivity contribution is 5.90. The van der Waals surface area contributed by atoms with E-state index in [4.69, 9.17) is 4.74 Å². The summed E-state index contributed by atoms with van der Waals surface area (Å²) in [4.78, 5) is 11.7. The number of benzene rings is 2. The molecule has 3 heteroatoms. The number of hydrogen-bond donors (Lipinski definition) is 1. The Morgan fingerprint density at radius 2 is 1.74 bits per heavy atom. The van der Waals surface area contributed by atoms with E-state index in [1.807, 2.05) is 60.7 Å². The second-order valence-corrected chi connectivity index (χ2v) is 4.70. The van der Waals surface area contributed by atoms with E-state index in [9.17, 15) is 4.79 Å². The lowest BCUT2D eigenvalue weighted by Crippen LogP contribution is -2.14. The second kappa shape index (κ2) is 9.11. The summed E-state index contributed by atoms with van der Waals surface area (Å²) in [5.74, 6) is 5.76. The van der Waals surface area contributed by atoms with E-state index < -0.39 is 0 Å². The first kappa shape index (κ1) is 16.4. The quantitative estimate of drug-likeness (QED) is 0.523. The summed E-state index contributed by atoms with van der Waals surface area (Å²) in [6, 6.07) is 19.4. The van der Waals surface area contributed by atoms with Crippen molar-refractivity contribution in [2.75, 3.05) is 13.2 Å². The van der Waals surface area contributed by atoms with E-state index >= 15 is 0 Å². The van der Waals surface area contributed by atoms with Crippen molar-refractivity contribution in [2.45, 2.75) is 6.92 Å². The van der Waals surface area contributed by atoms with Crippen LogP contribution in [0.1, 0.15) is 18.1 Å². The fourth-order valence-electron chi connectivity index (χ4n) is 1.96. The zero-order valence-corrected chi connectivity index (χ0v) is 13.1. The largest absolute Gasteiger partial charge is 0.463 e. The van der Waals surface area contributed by atoms with Gasteiger partial charge in [-0.1, -0.05) is 60.4 Å². The van der Waals surface area contributed by atoms with E-state index in [0.29, 0.717) is 18.8 Å². The van der Waals surface area contributed by atoms with Crippen LogP contribution in [-0.2, 0) is 9.53 Å². The number of carbonyl (C=O) groups is 1. The van der Waals surface area contributed by atoms with Crippen LogP contribution in [0.15, 0.2) is 66.7 Å². The molecule has 2 aromatic carbocycles. The minimum atomic E-state index is -0.366. The Labute approximate surface area is 137 Å². The third-order valence-corrected chi connectivity index (χ3v) is 3.01. The van der Waals surface area contributed by atoms with Gasteiger partial charge in [0.25, 0.3) is 0 Å². The summed E-state index contributed by atoms with van der Waals surface area (Å²) in [5, 5.41) is 3.18. The van der Waals surface area contributed by atoms with Gasteiger partial charge in [-0.25, -0.2) is 4.79 Å². The zero-order valence-electron chi connectivity index (χ0n) is 13.1. The Balaban J connectivity index is 2.07. The Hall–Kier alpha value is -2.99. The van der Waals surface area contributed by atoms with Crippen LogP contribution in [0.2, 0.25) is 0 Å². The Bertz CT molecular complexity index is 710. The van der Waals surface area contributed by atoms with Crippen molar-refractivity contribution in [1.82, 2.24) is 5.32 Å². The van der Waals surface area contributed by atoms with Crippen LogP contribution >= 0.6 is 0 Å². The Kier molecular flexibility index (Phi) is 6.49. The van der Waals surface area contributed by atoms with Crippen molar-refractivity contribution in [1.29, 1.82) is 0 Å². The smallest absolute Gasteiger partial charge is 0.332 e. The highest BCUT2D eigenvalue weighted by atomic mass is 16.5. The van der Waals surface area contributed by atoms with Crippen LogP contribution in [0.3, 0.4) is 0 Å².